The van der Waals surface area contributed by atoms with Gasteiger partial charge in [-0.25, -0.2) is 4.79 Å². The molecular formula is C25H25N5O4. The van der Waals surface area contributed by atoms with Gasteiger partial charge in [-0.15, -0.1) is 5.10 Å². The van der Waals surface area contributed by atoms with Crippen LogP contribution in [-0.4, -0.2) is 38.4 Å². The highest BCUT2D eigenvalue weighted by Crippen LogP contribution is 2.29. The number of carbonyl (C=O) groups is 1. The van der Waals surface area contributed by atoms with Crippen LogP contribution in [0, 0.1) is 13.8 Å². The fourth-order valence-electron chi connectivity index (χ4n) is 3.52. The largest absolute Gasteiger partial charge is 0.493 e. The summed E-state index contributed by atoms with van der Waals surface area (Å²) in [5, 5.41) is 24.5. The third-order valence-corrected chi connectivity index (χ3v) is 5.44. The number of ether oxygens (including phenoxy) is 2. The molecule has 0 aliphatic rings. The van der Waals surface area contributed by atoms with Crippen LogP contribution >= 0.6 is 0 Å². The molecule has 0 radical (unpaired) electrons. The Morgan fingerprint density at radius 1 is 1.06 bits per heavy atom. The van der Waals surface area contributed by atoms with Crippen molar-refractivity contribution in [3.05, 3.63) is 88.7 Å². The van der Waals surface area contributed by atoms with E-state index in [0.717, 1.165) is 22.5 Å². The average Bonchev–Trinajstić information content (AvgIpc) is 3.31. The van der Waals surface area contributed by atoms with Gasteiger partial charge in [0.2, 0.25) is 0 Å². The zero-order valence-corrected chi connectivity index (χ0v) is 19.1. The van der Waals surface area contributed by atoms with Gasteiger partial charge in [-0.3, -0.25) is 0 Å². The number of benzene rings is 3. The van der Waals surface area contributed by atoms with Crippen LogP contribution in [0.25, 0.3) is 5.69 Å². The van der Waals surface area contributed by atoms with Crippen LogP contribution in [0.1, 0.15) is 32.9 Å². The van der Waals surface area contributed by atoms with E-state index in [0.29, 0.717) is 29.4 Å². The number of methoxy groups -OCH3 is 1. The maximum absolute atomic E-state index is 11.4. The van der Waals surface area contributed by atoms with Gasteiger partial charge in [0, 0.05) is 12.2 Å². The van der Waals surface area contributed by atoms with E-state index in [9.17, 15) is 9.90 Å². The Hall–Kier alpha value is -4.40. The van der Waals surface area contributed by atoms with E-state index in [2.05, 4.69) is 20.8 Å². The maximum Gasteiger partial charge on any atom is 0.336 e. The molecule has 1 aromatic heterocycles. The number of aromatic nitrogens is 4. The van der Waals surface area contributed by atoms with Crippen LogP contribution < -0.4 is 14.8 Å². The monoisotopic (exact) mass is 459 g/mol. The van der Waals surface area contributed by atoms with Crippen LogP contribution in [0.5, 0.6) is 11.5 Å². The number of nitrogens with zero attached hydrogens (tertiary/aromatic N) is 4. The van der Waals surface area contributed by atoms with Crippen molar-refractivity contribution in [1.29, 1.82) is 0 Å². The molecular weight excluding hydrogens is 434 g/mol. The van der Waals surface area contributed by atoms with Crippen molar-refractivity contribution in [3.8, 4) is 17.2 Å². The highest BCUT2D eigenvalue weighted by molar-refractivity contribution is 5.91. The Balaban J connectivity index is 1.45. The summed E-state index contributed by atoms with van der Waals surface area (Å²) in [6.45, 7) is 4.46. The van der Waals surface area contributed by atoms with Gasteiger partial charge in [0.1, 0.15) is 0 Å². The summed E-state index contributed by atoms with van der Waals surface area (Å²) in [6.07, 6.45) is 0. The number of rotatable bonds is 9. The lowest BCUT2D eigenvalue weighted by atomic mass is 10.1. The first-order valence-corrected chi connectivity index (χ1v) is 10.7. The molecule has 0 unspecified atom stereocenters. The molecule has 3 aromatic carbocycles. The molecule has 0 fully saturated rings. The van der Waals surface area contributed by atoms with E-state index in [4.69, 9.17) is 9.47 Å². The summed E-state index contributed by atoms with van der Waals surface area (Å²) >= 11 is 0. The highest BCUT2D eigenvalue weighted by Gasteiger charge is 2.13. The van der Waals surface area contributed by atoms with Crippen molar-refractivity contribution in [2.45, 2.75) is 27.0 Å². The van der Waals surface area contributed by atoms with Crippen LogP contribution in [0.3, 0.4) is 0 Å². The molecule has 0 spiro atoms. The van der Waals surface area contributed by atoms with Crippen molar-refractivity contribution in [2.24, 2.45) is 0 Å². The smallest absolute Gasteiger partial charge is 0.336 e. The van der Waals surface area contributed by atoms with E-state index >= 15 is 0 Å². The molecule has 4 aromatic rings. The standard InChI is InChI=1S/C25H25N5O4/c1-16-7-10-19(11-8-16)30-24(27-28-29-30)15-34-22-12-9-18(13-23(22)33-3)14-26-21-6-4-5-20(17(21)2)25(31)32/h4-13,26H,14-15H2,1-3H3,(H,31,32). The zero-order chi connectivity index (χ0) is 24.1. The van der Waals surface area contributed by atoms with E-state index in [-0.39, 0.29) is 12.2 Å². The minimum Gasteiger partial charge on any atom is -0.493 e. The van der Waals surface area contributed by atoms with Crippen LogP contribution in [0.2, 0.25) is 0 Å². The Bertz CT molecular complexity index is 1300. The summed E-state index contributed by atoms with van der Waals surface area (Å²) < 4.78 is 13.1. The molecule has 0 atom stereocenters. The van der Waals surface area contributed by atoms with Crippen LogP contribution in [-0.2, 0) is 13.2 Å². The Labute approximate surface area is 197 Å². The fraction of sp³-hybridized carbons (Fsp3) is 0.200. The highest BCUT2D eigenvalue weighted by atomic mass is 16.5. The van der Waals surface area contributed by atoms with E-state index in [1.54, 1.807) is 30.8 Å². The predicted octanol–water partition coefficient (Wildman–Crippen LogP) is 4.18. The molecule has 4 rings (SSSR count). The van der Waals surface area contributed by atoms with Crippen molar-refractivity contribution in [2.75, 3.05) is 12.4 Å². The minimum atomic E-state index is -0.947. The first-order valence-electron chi connectivity index (χ1n) is 10.7. The summed E-state index contributed by atoms with van der Waals surface area (Å²) in [5.74, 6) is 0.751. The second kappa shape index (κ2) is 10.0. The van der Waals surface area contributed by atoms with Gasteiger partial charge >= 0.3 is 5.97 Å². The normalized spacial score (nSPS) is 10.7. The lowest BCUT2D eigenvalue weighted by Crippen LogP contribution is -2.08. The first kappa shape index (κ1) is 22.8. The number of hydrogen-bond donors (Lipinski definition) is 2. The van der Waals surface area contributed by atoms with Crippen molar-refractivity contribution in [3.63, 3.8) is 0 Å². The molecule has 1 heterocycles. The summed E-state index contributed by atoms with van der Waals surface area (Å²) in [4.78, 5) is 11.4. The molecule has 0 saturated heterocycles. The van der Waals surface area contributed by atoms with Crippen molar-refractivity contribution < 1.29 is 19.4 Å². The molecule has 0 aliphatic carbocycles. The van der Waals surface area contributed by atoms with E-state index in [1.807, 2.05) is 55.5 Å². The molecule has 34 heavy (non-hydrogen) atoms. The van der Waals surface area contributed by atoms with Gasteiger partial charge in [0.05, 0.1) is 18.4 Å². The summed E-state index contributed by atoms with van der Waals surface area (Å²) in [7, 11) is 1.58. The third-order valence-electron chi connectivity index (χ3n) is 5.44. The van der Waals surface area contributed by atoms with Gasteiger partial charge in [0.25, 0.3) is 0 Å². The number of nitrogens with one attached hydrogen (secondary N) is 1. The summed E-state index contributed by atoms with van der Waals surface area (Å²) in [6, 6.07) is 18.7. The number of aryl methyl sites for hydroxylation is 1. The molecule has 9 heteroatoms. The number of aromatic carboxylic acids is 1. The minimum absolute atomic E-state index is 0.163. The molecule has 174 valence electrons. The van der Waals surface area contributed by atoms with Gasteiger partial charge < -0.3 is 19.9 Å². The number of anilines is 1. The van der Waals surface area contributed by atoms with Crippen LogP contribution in [0.15, 0.2) is 60.7 Å². The van der Waals surface area contributed by atoms with E-state index < -0.39 is 5.97 Å². The molecule has 0 aliphatic heterocycles. The Kier molecular flexibility index (Phi) is 6.72. The lowest BCUT2D eigenvalue weighted by molar-refractivity contribution is 0.0696. The number of tetrazole rings is 1. The maximum atomic E-state index is 11.4. The first-order chi connectivity index (χ1) is 16.5. The quantitative estimate of drug-likeness (QED) is 0.384. The molecule has 9 nitrogen and oxygen atoms in total. The number of carboxylic acid groups (broad SMARTS) is 1. The van der Waals surface area contributed by atoms with Gasteiger partial charge in [-0.2, -0.15) is 4.68 Å². The zero-order valence-electron chi connectivity index (χ0n) is 19.1. The van der Waals surface area contributed by atoms with Crippen molar-refractivity contribution in [1.82, 2.24) is 20.2 Å². The topological polar surface area (TPSA) is 111 Å². The number of carboxylic acids is 1. The lowest BCUT2D eigenvalue weighted by Gasteiger charge is -2.14. The van der Waals surface area contributed by atoms with Gasteiger partial charge in [-0.1, -0.05) is 29.8 Å². The molecule has 2 N–H and O–H groups in total. The molecule has 0 saturated carbocycles. The SMILES string of the molecule is COc1cc(CNc2cccc(C(=O)O)c2C)ccc1OCc1nnnn1-c1ccc(C)cc1. The second-order valence-electron chi connectivity index (χ2n) is 7.75. The average molecular weight is 460 g/mol. The van der Waals surface area contributed by atoms with Crippen molar-refractivity contribution >= 4 is 11.7 Å². The van der Waals surface area contributed by atoms with E-state index in [1.165, 1.54) is 0 Å². The third kappa shape index (κ3) is 4.98. The molecule has 0 bridgehead atoms. The van der Waals surface area contributed by atoms with Crippen LogP contribution in [0.4, 0.5) is 5.69 Å². The fourth-order valence-corrected chi connectivity index (χ4v) is 3.52. The Morgan fingerprint density at radius 3 is 2.59 bits per heavy atom. The molecule has 0 amide bonds. The van der Waals surface area contributed by atoms with Gasteiger partial charge in [-0.05, 0) is 71.8 Å². The summed E-state index contributed by atoms with van der Waals surface area (Å²) in [5.41, 5.74) is 4.69. The van der Waals surface area contributed by atoms with Gasteiger partial charge in [0.15, 0.2) is 23.9 Å². The Morgan fingerprint density at radius 2 is 1.85 bits per heavy atom. The second-order valence-corrected chi connectivity index (χ2v) is 7.75. The predicted molar refractivity (Wildman–Crippen MR) is 127 cm³/mol. The number of hydrogen-bond acceptors (Lipinski definition) is 7.